The zero-order chi connectivity index (χ0) is 22.3. The van der Waals surface area contributed by atoms with Crippen LogP contribution in [0.2, 0.25) is 0 Å². The molecule has 0 spiro atoms. The molecule has 6 nitrogen and oxygen atoms in total. The van der Waals surface area contributed by atoms with Gasteiger partial charge in [-0.25, -0.2) is 18.7 Å². The molecule has 0 aliphatic carbocycles. The topological polar surface area (TPSA) is 77.2 Å². The minimum atomic E-state index is -0.624. The van der Waals surface area contributed by atoms with Crippen LogP contribution in [0.4, 0.5) is 20.2 Å². The Bertz CT molecular complexity index is 1120. The van der Waals surface area contributed by atoms with E-state index in [1.807, 2.05) is 27.7 Å². The first-order chi connectivity index (χ1) is 14.6. The summed E-state index contributed by atoms with van der Waals surface area (Å²) in [5.74, 6) is -0.619. The molecule has 0 atom stereocenters. The van der Waals surface area contributed by atoms with Crippen LogP contribution < -0.4 is 15.4 Å². The summed E-state index contributed by atoms with van der Waals surface area (Å²) in [6.07, 6.45) is 2.95. The fourth-order valence-electron chi connectivity index (χ4n) is 3.69. The van der Waals surface area contributed by atoms with Crippen LogP contribution in [-0.2, 0) is 6.42 Å². The summed E-state index contributed by atoms with van der Waals surface area (Å²) in [7, 11) is 0. The Morgan fingerprint density at radius 1 is 1.13 bits per heavy atom. The predicted molar refractivity (Wildman–Crippen MR) is 116 cm³/mol. The van der Waals surface area contributed by atoms with Crippen molar-refractivity contribution >= 4 is 11.4 Å². The maximum atomic E-state index is 15.1. The summed E-state index contributed by atoms with van der Waals surface area (Å²) in [6, 6.07) is 6.59. The smallest absolute Gasteiger partial charge is 0.179 e. The molecule has 8 heteroatoms. The number of hydrogen-bond acceptors (Lipinski definition) is 6. The molecule has 0 saturated heterocycles. The molecule has 0 saturated carbocycles. The molecule has 0 amide bonds. The number of pyridine rings is 1. The minimum Gasteiger partial charge on any atom is -0.481 e. The molecule has 3 heterocycles. The Balaban J connectivity index is 1.75. The van der Waals surface area contributed by atoms with Crippen molar-refractivity contribution in [3.63, 3.8) is 0 Å². The van der Waals surface area contributed by atoms with Crippen molar-refractivity contribution in [2.45, 2.75) is 45.8 Å². The minimum absolute atomic E-state index is 0.0377. The number of hydrogen-bond donors (Lipinski definition) is 1. The van der Waals surface area contributed by atoms with Crippen LogP contribution >= 0.6 is 0 Å². The highest BCUT2D eigenvalue weighted by atomic mass is 19.1. The maximum Gasteiger partial charge on any atom is 0.179 e. The molecule has 1 aliphatic rings. The molecule has 3 aromatic rings. The number of anilines is 2. The normalized spacial score (nSPS) is 15.0. The van der Waals surface area contributed by atoms with Gasteiger partial charge in [-0.05, 0) is 52.0 Å². The summed E-state index contributed by atoms with van der Waals surface area (Å²) in [5, 5.41) is 0. The monoisotopic (exact) mass is 425 g/mol. The molecule has 0 fully saturated rings. The average molecular weight is 425 g/mol. The number of halogens is 2. The van der Waals surface area contributed by atoms with Crippen molar-refractivity contribution in [2.75, 3.05) is 17.2 Å². The number of benzene rings is 1. The SMILES string of the molecule is CC(C)N1CC(C)(C)Oc2c(F)cc(-c3nc(Cc4ccc(N)cn4)ncc3F)cc21. The van der Waals surface area contributed by atoms with Gasteiger partial charge in [0, 0.05) is 17.3 Å². The zero-order valence-electron chi connectivity index (χ0n) is 18.0. The largest absolute Gasteiger partial charge is 0.481 e. The fraction of sp³-hybridized carbons (Fsp3) is 0.348. The first-order valence-electron chi connectivity index (χ1n) is 10.1. The molecule has 0 unspecified atom stereocenters. The van der Waals surface area contributed by atoms with Gasteiger partial charge in [0.15, 0.2) is 17.4 Å². The van der Waals surface area contributed by atoms with Gasteiger partial charge in [-0.3, -0.25) is 4.98 Å². The maximum absolute atomic E-state index is 15.1. The summed E-state index contributed by atoms with van der Waals surface area (Å²) in [6.45, 7) is 8.47. The van der Waals surface area contributed by atoms with Crippen molar-refractivity contribution in [3.8, 4) is 17.0 Å². The van der Waals surface area contributed by atoms with E-state index in [1.165, 1.54) is 6.07 Å². The second-order valence-electron chi connectivity index (χ2n) is 8.63. The van der Waals surface area contributed by atoms with E-state index < -0.39 is 17.2 Å². The van der Waals surface area contributed by atoms with Crippen molar-refractivity contribution in [2.24, 2.45) is 0 Å². The summed E-state index contributed by atoms with van der Waals surface area (Å²) < 4.78 is 35.6. The van der Waals surface area contributed by atoms with Crippen LogP contribution in [0.25, 0.3) is 11.3 Å². The lowest BCUT2D eigenvalue weighted by molar-refractivity contribution is 0.0967. The number of aromatic nitrogens is 3. The highest BCUT2D eigenvalue weighted by Crippen LogP contribution is 2.42. The molecule has 2 aromatic heterocycles. The van der Waals surface area contributed by atoms with Crippen molar-refractivity contribution in [3.05, 3.63) is 59.8 Å². The van der Waals surface area contributed by atoms with E-state index in [0.717, 1.165) is 6.20 Å². The Hall–Kier alpha value is -3.29. The van der Waals surface area contributed by atoms with E-state index in [4.69, 9.17) is 10.5 Å². The third kappa shape index (κ3) is 4.28. The average Bonchev–Trinajstić information content (AvgIpc) is 2.70. The van der Waals surface area contributed by atoms with Crippen LogP contribution in [0.5, 0.6) is 5.75 Å². The first-order valence-corrected chi connectivity index (χ1v) is 10.1. The van der Waals surface area contributed by atoms with E-state index in [-0.39, 0.29) is 17.5 Å². The highest BCUT2D eigenvalue weighted by Gasteiger charge is 2.35. The number of fused-ring (bicyclic) bond motifs is 1. The van der Waals surface area contributed by atoms with E-state index in [2.05, 4.69) is 19.9 Å². The van der Waals surface area contributed by atoms with Crippen LogP contribution in [-0.4, -0.2) is 33.1 Å². The van der Waals surface area contributed by atoms with Gasteiger partial charge in [0.25, 0.3) is 0 Å². The molecule has 2 N–H and O–H groups in total. The quantitative estimate of drug-likeness (QED) is 0.669. The second kappa shape index (κ2) is 7.76. The molecule has 0 radical (unpaired) electrons. The Morgan fingerprint density at radius 2 is 1.90 bits per heavy atom. The van der Waals surface area contributed by atoms with Gasteiger partial charge in [-0.1, -0.05) is 0 Å². The number of ether oxygens (including phenoxy) is 1. The molecular formula is C23H25F2N5O. The highest BCUT2D eigenvalue weighted by molar-refractivity contribution is 5.72. The van der Waals surface area contributed by atoms with E-state index in [0.29, 0.717) is 41.4 Å². The van der Waals surface area contributed by atoms with Gasteiger partial charge in [-0.15, -0.1) is 0 Å². The lowest BCUT2D eigenvalue weighted by Gasteiger charge is -2.43. The Labute approximate surface area is 180 Å². The molecule has 1 aliphatic heterocycles. The summed E-state index contributed by atoms with van der Waals surface area (Å²) in [5.41, 5.74) is 7.33. The molecule has 162 valence electrons. The van der Waals surface area contributed by atoms with Gasteiger partial charge in [0.1, 0.15) is 17.1 Å². The van der Waals surface area contributed by atoms with E-state index in [9.17, 15) is 4.39 Å². The first kappa shape index (κ1) is 21.0. The standard InChI is InChI=1S/C23H25F2N5O/c1-13(2)30-12-23(3,4)31-22-17(24)7-14(8-19(22)30)21-18(25)11-28-20(29-21)9-16-6-5-15(26)10-27-16/h5-8,10-11,13H,9,12,26H2,1-4H3. The van der Waals surface area contributed by atoms with Crippen LogP contribution in [0.3, 0.4) is 0 Å². The fourth-order valence-corrected chi connectivity index (χ4v) is 3.69. The van der Waals surface area contributed by atoms with E-state index in [1.54, 1.807) is 24.4 Å². The Kier molecular flexibility index (Phi) is 5.24. The predicted octanol–water partition coefficient (Wildman–Crippen LogP) is 4.38. The third-order valence-electron chi connectivity index (χ3n) is 5.14. The summed E-state index contributed by atoms with van der Waals surface area (Å²) in [4.78, 5) is 14.7. The van der Waals surface area contributed by atoms with Gasteiger partial charge >= 0.3 is 0 Å². The lowest BCUT2D eigenvalue weighted by atomic mass is 10.0. The van der Waals surface area contributed by atoms with Gasteiger partial charge in [0.2, 0.25) is 0 Å². The summed E-state index contributed by atoms with van der Waals surface area (Å²) >= 11 is 0. The Morgan fingerprint density at radius 3 is 2.58 bits per heavy atom. The number of nitrogens with two attached hydrogens (primary N) is 1. The van der Waals surface area contributed by atoms with Crippen LogP contribution in [0.15, 0.2) is 36.7 Å². The van der Waals surface area contributed by atoms with E-state index >= 15 is 4.39 Å². The molecule has 1 aromatic carbocycles. The second-order valence-corrected chi connectivity index (χ2v) is 8.63. The molecule has 4 rings (SSSR count). The zero-order valence-corrected chi connectivity index (χ0v) is 18.0. The van der Waals surface area contributed by atoms with Gasteiger partial charge in [-0.2, -0.15) is 0 Å². The number of rotatable bonds is 4. The number of nitrogen functional groups attached to an aromatic ring is 1. The van der Waals surface area contributed by atoms with Crippen molar-refractivity contribution in [1.82, 2.24) is 15.0 Å². The van der Waals surface area contributed by atoms with Gasteiger partial charge in [0.05, 0.1) is 36.7 Å². The molecular weight excluding hydrogens is 400 g/mol. The third-order valence-corrected chi connectivity index (χ3v) is 5.14. The van der Waals surface area contributed by atoms with Crippen LogP contribution in [0.1, 0.15) is 39.2 Å². The van der Waals surface area contributed by atoms with Gasteiger partial charge < -0.3 is 15.4 Å². The van der Waals surface area contributed by atoms with Crippen LogP contribution in [0, 0.1) is 11.6 Å². The molecule has 0 bridgehead atoms. The lowest BCUT2D eigenvalue weighted by Crippen LogP contribution is -2.49. The molecule has 31 heavy (non-hydrogen) atoms. The van der Waals surface area contributed by atoms with Crippen molar-refractivity contribution in [1.29, 1.82) is 0 Å². The van der Waals surface area contributed by atoms with Crippen molar-refractivity contribution < 1.29 is 13.5 Å². The number of nitrogens with zero attached hydrogens (tertiary/aromatic N) is 4.